The highest BCUT2D eigenvalue weighted by Crippen LogP contribution is 2.26. The first-order valence-corrected chi connectivity index (χ1v) is 9.16. The van der Waals surface area contributed by atoms with Gasteiger partial charge in [0.2, 0.25) is 0 Å². The molecule has 1 fully saturated rings. The zero-order valence-electron chi connectivity index (χ0n) is 14.0. The second-order valence-corrected chi connectivity index (χ2v) is 6.93. The molecule has 3 aromatic rings. The van der Waals surface area contributed by atoms with Crippen LogP contribution in [0.25, 0.3) is 11.0 Å². The van der Waals surface area contributed by atoms with Crippen LogP contribution in [-0.4, -0.2) is 41.2 Å². The predicted molar refractivity (Wildman–Crippen MR) is 102 cm³/mol. The number of hydrogen-bond acceptors (Lipinski definition) is 6. The summed E-state index contributed by atoms with van der Waals surface area (Å²) in [5, 5.41) is 4.16. The third-order valence-corrected chi connectivity index (χ3v) is 4.95. The van der Waals surface area contributed by atoms with Gasteiger partial charge in [-0.05, 0) is 24.3 Å². The fourth-order valence-corrected chi connectivity index (χ4v) is 3.17. The Bertz CT molecular complexity index is 909. The van der Waals surface area contributed by atoms with Crippen LogP contribution in [0, 0.1) is 0 Å². The topological polar surface area (TPSA) is 63.4 Å². The van der Waals surface area contributed by atoms with E-state index in [1.165, 1.54) is 0 Å². The van der Waals surface area contributed by atoms with E-state index >= 15 is 0 Å². The summed E-state index contributed by atoms with van der Waals surface area (Å²) < 4.78 is 11.3. The normalized spacial score (nSPS) is 15.5. The third kappa shape index (κ3) is 4.10. The number of morpholine rings is 1. The van der Waals surface area contributed by atoms with Gasteiger partial charge < -0.3 is 14.5 Å². The molecule has 0 aliphatic carbocycles. The molecule has 1 aliphatic rings. The maximum atomic E-state index is 6.05. The molecule has 0 unspecified atom stereocenters. The van der Waals surface area contributed by atoms with Crippen molar-refractivity contribution in [3.63, 3.8) is 0 Å². The summed E-state index contributed by atoms with van der Waals surface area (Å²) in [6.07, 6.45) is 1.67. The Balaban J connectivity index is 1.39. The van der Waals surface area contributed by atoms with Crippen molar-refractivity contribution in [2.45, 2.75) is 13.1 Å². The molecule has 6 nitrogen and oxygen atoms in total. The van der Waals surface area contributed by atoms with Gasteiger partial charge in [0, 0.05) is 13.1 Å². The smallest absolute Gasteiger partial charge is 0.145 e. The molecule has 1 aromatic carbocycles. The fourth-order valence-electron chi connectivity index (χ4n) is 2.85. The van der Waals surface area contributed by atoms with Crippen molar-refractivity contribution in [2.75, 3.05) is 31.6 Å². The first kappa shape index (κ1) is 17.5. The van der Waals surface area contributed by atoms with Gasteiger partial charge in [-0.2, -0.15) is 0 Å². The number of nitrogens with one attached hydrogen (secondary N) is 1. The molecule has 0 amide bonds. The van der Waals surface area contributed by atoms with Crippen LogP contribution >= 0.6 is 23.2 Å². The van der Waals surface area contributed by atoms with Gasteiger partial charge in [0.05, 0.1) is 53.6 Å². The quantitative estimate of drug-likeness (QED) is 0.708. The van der Waals surface area contributed by atoms with E-state index in [4.69, 9.17) is 32.4 Å². The lowest BCUT2D eigenvalue weighted by atomic mass is 10.3. The summed E-state index contributed by atoms with van der Waals surface area (Å²) in [6, 6.07) is 7.42. The third-order valence-electron chi connectivity index (χ3n) is 4.23. The van der Waals surface area contributed by atoms with E-state index in [0.29, 0.717) is 33.4 Å². The molecule has 26 heavy (non-hydrogen) atoms. The predicted octanol–water partition coefficient (Wildman–Crippen LogP) is 3.97. The van der Waals surface area contributed by atoms with Crippen LogP contribution in [0.5, 0.6) is 0 Å². The molecule has 0 radical (unpaired) electrons. The summed E-state index contributed by atoms with van der Waals surface area (Å²) in [7, 11) is 0. The molecular formula is C18H18Cl2N4O2. The van der Waals surface area contributed by atoms with Crippen molar-refractivity contribution in [3.8, 4) is 0 Å². The average molecular weight is 393 g/mol. The number of nitrogens with zero attached hydrogens (tertiary/aromatic N) is 3. The SMILES string of the molecule is Clc1cc2ncc(NCc3ccc(CN4CCOCC4)o3)nc2cc1Cl. The van der Waals surface area contributed by atoms with Crippen molar-refractivity contribution in [1.82, 2.24) is 14.9 Å². The second-order valence-electron chi connectivity index (χ2n) is 6.12. The van der Waals surface area contributed by atoms with Crippen LogP contribution in [0.4, 0.5) is 5.82 Å². The van der Waals surface area contributed by atoms with Gasteiger partial charge in [0.15, 0.2) is 0 Å². The van der Waals surface area contributed by atoms with E-state index in [0.717, 1.165) is 44.4 Å². The van der Waals surface area contributed by atoms with Crippen molar-refractivity contribution < 1.29 is 9.15 Å². The Morgan fingerprint density at radius 1 is 1.04 bits per heavy atom. The molecule has 3 heterocycles. The number of fused-ring (bicyclic) bond motifs is 1. The number of anilines is 1. The second kappa shape index (κ2) is 7.80. The standard InChI is InChI=1S/C18H18Cl2N4O2/c19-14-7-16-17(8-15(14)20)23-18(10-21-16)22-9-12-1-2-13(26-12)11-24-3-5-25-6-4-24/h1-2,7-8,10H,3-6,9,11H2,(H,22,23). The number of rotatable bonds is 5. The lowest BCUT2D eigenvalue weighted by molar-refractivity contribution is 0.0312. The molecule has 4 rings (SSSR count). The van der Waals surface area contributed by atoms with E-state index < -0.39 is 0 Å². The van der Waals surface area contributed by atoms with Gasteiger partial charge in [-0.3, -0.25) is 9.88 Å². The van der Waals surface area contributed by atoms with E-state index in [2.05, 4.69) is 20.2 Å². The van der Waals surface area contributed by atoms with Crippen LogP contribution in [0.1, 0.15) is 11.5 Å². The summed E-state index contributed by atoms with van der Waals surface area (Å²) in [6.45, 7) is 4.78. The van der Waals surface area contributed by atoms with E-state index in [-0.39, 0.29) is 0 Å². The molecule has 1 N–H and O–H groups in total. The van der Waals surface area contributed by atoms with Gasteiger partial charge >= 0.3 is 0 Å². The summed E-state index contributed by atoms with van der Waals surface area (Å²) in [4.78, 5) is 11.2. The monoisotopic (exact) mass is 392 g/mol. The summed E-state index contributed by atoms with van der Waals surface area (Å²) in [5.74, 6) is 2.46. The zero-order valence-corrected chi connectivity index (χ0v) is 15.6. The number of hydrogen-bond donors (Lipinski definition) is 1. The zero-order chi connectivity index (χ0) is 17.9. The highest BCUT2D eigenvalue weighted by molar-refractivity contribution is 6.42. The Hall–Kier alpha value is -1.86. The molecule has 1 saturated heterocycles. The minimum atomic E-state index is 0.462. The van der Waals surface area contributed by atoms with Gasteiger partial charge in [0.25, 0.3) is 0 Å². The van der Waals surface area contributed by atoms with Crippen LogP contribution in [0.3, 0.4) is 0 Å². The van der Waals surface area contributed by atoms with Gasteiger partial charge in [-0.1, -0.05) is 23.2 Å². The van der Waals surface area contributed by atoms with Crippen LogP contribution in [0.15, 0.2) is 34.9 Å². The highest BCUT2D eigenvalue weighted by atomic mass is 35.5. The number of aromatic nitrogens is 2. The largest absolute Gasteiger partial charge is 0.463 e. The van der Waals surface area contributed by atoms with E-state index in [1.54, 1.807) is 18.3 Å². The molecular weight excluding hydrogens is 375 g/mol. The number of benzene rings is 1. The Kier molecular flexibility index (Phi) is 5.26. The van der Waals surface area contributed by atoms with Crippen LogP contribution < -0.4 is 5.32 Å². The maximum Gasteiger partial charge on any atom is 0.145 e. The Morgan fingerprint density at radius 3 is 2.58 bits per heavy atom. The Labute approximate surface area is 161 Å². The molecule has 0 atom stereocenters. The number of ether oxygens (including phenoxy) is 1. The Morgan fingerprint density at radius 2 is 1.77 bits per heavy atom. The van der Waals surface area contributed by atoms with Crippen LogP contribution in [0.2, 0.25) is 10.0 Å². The van der Waals surface area contributed by atoms with Crippen molar-refractivity contribution >= 4 is 40.1 Å². The maximum absolute atomic E-state index is 6.05. The van der Waals surface area contributed by atoms with Crippen molar-refractivity contribution in [3.05, 3.63) is 52.0 Å². The molecule has 1 aliphatic heterocycles. The molecule has 8 heteroatoms. The summed E-state index contributed by atoms with van der Waals surface area (Å²) in [5.41, 5.74) is 1.40. The summed E-state index contributed by atoms with van der Waals surface area (Å²) >= 11 is 12.1. The molecule has 2 aromatic heterocycles. The van der Waals surface area contributed by atoms with E-state index in [1.807, 2.05) is 12.1 Å². The molecule has 0 bridgehead atoms. The van der Waals surface area contributed by atoms with Crippen LogP contribution in [-0.2, 0) is 17.8 Å². The first-order chi connectivity index (χ1) is 12.7. The van der Waals surface area contributed by atoms with Crippen molar-refractivity contribution in [1.29, 1.82) is 0 Å². The average Bonchev–Trinajstić information content (AvgIpc) is 3.09. The lowest BCUT2D eigenvalue weighted by Gasteiger charge is -2.25. The first-order valence-electron chi connectivity index (χ1n) is 8.41. The molecule has 0 saturated carbocycles. The fraction of sp³-hybridized carbons (Fsp3) is 0.333. The number of halogens is 2. The minimum absolute atomic E-state index is 0.462. The lowest BCUT2D eigenvalue weighted by Crippen LogP contribution is -2.35. The van der Waals surface area contributed by atoms with Gasteiger partial charge in [0.1, 0.15) is 17.3 Å². The highest BCUT2D eigenvalue weighted by Gasteiger charge is 2.13. The van der Waals surface area contributed by atoms with Gasteiger partial charge in [-0.15, -0.1) is 0 Å². The van der Waals surface area contributed by atoms with E-state index in [9.17, 15) is 0 Å². The molecule has 136 valence electrons. The van der Waals surface area contributed by atoms with Crippen molar-refractivity contribution in [2.24, 2.45) is 0 Å². The minimum Gasteiger partial charge on any atom is -0.463 e. The number of furan rings is 1. The van der Waals surface area contributed by atoms with Gasteiger partial charge in [-0.25, -0.2) is 4.98 Å². The molecule has 0 spiro atoms.